The van der Waals surface area contributed by atoms with Crippen LogP contribution in [0.15, 0.2) is 58.1 Å². The zero-order valence-electron chi connectivity index (χ0n) is 13.2. The molecule has 0 bridgehead atoms. The summed E-state index contributed by atoms with van der Waals surface area (Å²) in [6.07, 6.45) is 0. The van der Waals surface area contributed by atoms with Crippen LogP contribution in [0.2, 0.25) is 10.0 Å². The first-order valence-corrected chi connectivity index (χ1v) is 8.68. The Labute approximate surface area is 156 Å². The number of hydrogen-bond acceptors (Lipinski definition) is 2. The van der Waals surface area contributed by atoms with E-state index >= 15 is 0 Å². The number of rotatable bonds is 0. The van der Waals surface area contributed by atoms with Crippen LogP contribution in [-0.4, -0.2) is 9.97 Å². The van der Waals surface area contributed by atoms with E-state index in [1.54, 1.807) is 48.5 Å². The van der Waals surface area contributed by atoms with E-state index in [0.717, 1.165) is 0 Å². The van der Waals surface area contributed by atoms with Crippen LogP contribution in [0.3, 0.4) is 0 Å². The summed E-state index contributed by atoms with van der Waals surface area (Å²) in [6, 6.07) is 13.7. The number of aromatic nitrogens is 2. The normalized spacial score (nSPS) is 11.8. The van der Waals surface area contributed by atoms with Crippen LogP contribution in [0.1, 0.15) is 0 Å². The Bertz CT molecular complexity index is 1500. The van der Waals surface area contributed by atoms with E-state index in [4.69, 9.17) is 23.2 Å². The van der Waals surface area contributed by atoms with Crippen LogP contribution in [0.25, 0.3) is 43.6 Å². The molecular weight excluding hydrogens is 371 g/mol. The molecule has 0 aliphatic carbocycles. The number of para-hydroxylation sites is 1. The highest BCUT2D eigenvalue weighted by Crippen LogP contribution is 2.25. The number of halogens is 2. The van der Waals surface area contributed by atoms with Gasteiger partial charge in [0.2, 0.25) is 0 Å². The number of hydrogen-bond donors (Lipinski definition) is 2. The van der Waals surface area contributed by atoms with Crippen molar-refractivity contribution in [3.05, 3.63) is 79.0 Å². The second kappa shape index (κ2) is 5.34. The van der Waals surface area contributed by atoms with Gasteiger partial charge in [-0.2, -0.15) is 0 Å². The minimum absolute atomic E-state index is 0.129. The molecule has 0 saturated heterocycles. The van der Waals surface area contributed by atoms with Gasteiger partial charge in [0.25, 0.3) is 0 Å². The summed E-state index contributed by atoms with van der Waals surface area (Å²) in [5.74, 6) is 0. The van der Waals surface area contributed by atoms with Crippen molar-refractivity contribution in [3.8, 4) is 0 Å². The van der Waals surface area contributed by atoms with Crippen molar-refractivity contribution in [1.29, 1.82) is 0 Å². The van der Waals surface area contributed by atoms with Crippen LogP contribution in [0.5, 0.6) is 0 Å². The van der Waals surface area contributed by atoms with Gasteiger partial charge in [-0.15, -0.1) is 0 Å². The van der Waals surface area contributed by atoms with Crippen molar-refractivity contribution < 1.29 is 0 Å². The molecule has 0 aliphatic heterocycles. The highest BCUT2D eigenvalue weighted by Gasteiger charge is 2.12. The Balaban J connectivity index is 2.02. The van der Waals surface area contributed by atoms with E-state index in [2.05, 4.69) is 9.97 Å². The molecule has 3 aromatic carbocycles. The lowest BCUT2D eigenvalue weighted by Crippen LogP contribution is -2.08. The fraction of sp³-hybridized carbons (Fsp3) is 0. The molecule has 4 nitrogen and oxygen atoms in total. The average molecular weight is 381 g/mol. The average Bonchev–Trinajstić information content (AvgIpc) is 2.63. The molecule has 0 unspecified atom stereocenters. The number of nitrogens with one attached hydrogen (secondary N) is 2. The molecule has 5 rings (SSSR count). The maximum atomic E-state index is 12.9. The molecule has 2 aromatic heterocycles. The zero-order valence-corrected chi connectivity index (χ0v) is 14.7. The van der Waals surface area contributed by atoms with Crippen LogP contribution in [0.4, 0.5) is 0 Å². The summed E-state index contributed by atoms with van der Waals surface area (Å²) >= 11 is 12.2. The van der Waals surface area contributed by atoms with Crippen LogP contribution in [0, 0.1) is 0 Å². The van der Waals surface area contributed by atoms with Gasteiger partial charge < -0.3 is 9.97 Å². The van der Waals surface area contributed by atoms with E-state index in [-0.39, 0.29) is 10.9 Å². The minimum atomic E-state index is -0.141. The molecule has 0 spiro atoms. The smallest absolute Gasteiger partial charge is 0.197 e. The second-order valence-corrected chi connectivity index (χ2v) is 7.05. The van der Waals surface area contributed by atoms with Gasteiger partial charge in [0, 0.05) is 32.1 Å². The highest BCUT2D eigenvalue weighted by molar-refractivity contribution is 6.35. The van der Waals surface area contributed by atoms with Gasteiger partial charge in [-0.1, -0.05) is 29.3 Å². The second-order valence-electron chi connectivity index (χ2n) is 6.20. The predicted molar refractivity (Wildman–Crippen MR) is 108 cm³/mol. The van der Waals surface area contributed by atoms with Gasteiger partial charge in [-0.25, -0.2) is 0 Å². The van der Waals surface area contributed by atoms with Gasteiger partial charge in [-0.3, -0.25) is 9.59 Å². The number of benzene rings is 3. The van der Waals surface area contributed by atoms with Crippen molar-refractivity contribution in [3.63, 3.8) is 0 Å². The minimum Gasteiger partial charge on any atom is -0.354 e. The van der Waals surface area contributed by atoms with Crippen molar-refractivity contribution in [1.82, 2.24) is 9.97 Å². The van der Waals surface area contributed by atoms with Crippen molar-refractivity contribution >= 4 is 66.8 Å². The van der Waals surface area contributed by atoms with Crippen LogP contribution in [-0.2, 0) is 0 Å². The maximum absolute atomic E-state index is 12.9. The molecule has 0 fully saturated rings. The zero-order chi connectivity index (χ0) is 18.0. The van der Waals surface area contributed by atoms with E-state index in [1.165, 1.54) is 0 Å². The molecule has 0 atom stereocenters. The Morgan fingerprint density at radius 2 is 1.31 bits per heavy atom. The molecule has 0 radical (unpaired) electrons. The number of H-pyrrole nitrogens is 2. The fourth-order valence-electron chi connectivity index (χ4n) is 3.41. The molecule has 6 heteroatoms. The van der Waals surface area contributed by atoms with Gasteiger partial charge in [0.1, 0.15) is 0 Å². The SMILES string of the molecule is O=c1c2cc(Cl)ccc2[nH]c2cc3c(=O)c4cccc(Cl)c4[nH]c3cc12. The van der Waals surface area contributed by atoms with E-state index in [9.17, 15) is 9.59 Å². The Morgan fingerprint density at radius 3 is 2.08 bits per heavy atom. The third-order valence-electron chi connectivity index (χ3n) is 4.66. The number of pyridine rings is 2. The molecule has 0 aliphatic rings. The van der Waals surface area contributed by atoms with Crippen molar-refractivity contribution in [2.24, 2.45) is 0 Å². The summed E-state index contributed by atoms with van der Waals surface area (Å²) in [7, 11) is 0. The standard InChI is InChI=1S/C20H10Cl2N2O2/c21-9-4-5-15-11(6-9)20(26)12-8-17-13(7-16(12)23-15)19(25)10-2-1-3-14(22)18(10)24-17/h1-8H,(H,23,26)(H,24,25). The lowest BCUT2D eigenvalue weighted by atomic mass is 10.1. The number of aromatic amines is 2. The topological polar surface area (TPSA) is 65.7 Å². The lowest BCUT2D eigenvalue weighted by molar-refractivity contribution is 1.46. The predicted octanol–water partition coefficient (Wildman–Crippen LogP) is 4.98. The van der Waals surface area contributed by atoms with Gasteiger partial charge in [0.05, 0.1) is 21.6 Å². The third-order valence-corrected chi connectivity index (χ3v) is 5.21. The van der Waals surface area contributed by atoms with E-state index < -0.39 is 0 Å². The van der Waals surface area contributed by atoms with Gasteiger partial charge in [-0.05, 0) is 42.5 Å². The summed E-state index contributed by atoms with van der Waals surface area (Å²) in [5, 5.41) is 2.95. The molecule has 0 amide bonds. The van der Waals surface area contributed by atoms with Gasteiger partial charge in [0.15, 0.2) is 10.9 Å². The summed E-state index contributed by atoms with van der Waals surface area (Å²) in [5.41, 5.74) is 2.13. The molecular formula is C20H10Cl2N2O2. The first-order chi connectivity index (χ1) is 12.5. The monoisotopic (exact) mass is 380 g/mol. The summed E-state index contributed by atoms with van der Waals surface area (Å²) in [4.78, 5) is 32.2. The Morgan fingerprint density at radius 1 is 0.654 bits per heavy atom. The largest absolute Gasteiger partial charge is 0.354 e. The lowest BCUT2D eigenvalue weighted by Gasteiger charge is -2.07. The Hall–Kier alpha value is -2.82. The first-order valence-electron chi connectivity index (χ1n) is 7.92. The maximum Gasteiger partial charge on any atom is 0.197 e. The molecule has 2 heterocycles. The third kappa shape index (κ3) is 2.09. The number of fused-ring (bicyclic) bond motifs is 4. The van der Waals surface area contributed by atoms with Crippen molar-refractivity contribution in [2.45, 2.75) is 0 Å². The van der Waals surface area contributed by atoms with Gasteiger partial charge >= 0.3 is 0 Å². The Kier molecular flexibility index (Phi) is 3.17. The van der Waals surface area contributed by atoms with Crippen LogP contribution >= 0.6 is 23.2 Å². The van der Waals surface area contributed by atoms with Crippen molar-refractivity contribution in [2.75, 3.05) is 0 Å². The van der Waals surface area contributed by atoms with E-state index in [1.807, 2.05) is 0 Å². The fourth-order valence-corrected chi connectivity index (χ4v) is 3.80. The molecule has 5 aromatic rings. The molecule has 0 saturated carbocycles. The molecule has 26 heavy (non-hydrogen) atoms. The molecule has 2 N–H and O–H groups in total. The summed E-state index contributed by atoms with van der Waals surface area (Å²) < 4.78 is 0. The first kappa shape index (κ1) is 15.4. The highest BCUT2D eigenvalue weighted by atomic mass is 35.5. The summed E-state index contributed by atoms with van der Waals surface area (Å²) in [6.45, 7) is 0. The molecule has 126 valence electrons. The van der Waals surface area contributed by atoms with E-state index in [0.29, 0.717) is 53.7 Å². The quantitative estimate of drug-likeness (QED) is 0.372. The van der Waals surface area contributed by atoms with Crippen LogP contribution < -0.4 is 10.9 Å².